The Bertz CT molecular complexity index is 274. The summed E-state index contributed by atoms with van der Waals surface area (Å²) in [4.78, 5) is 14.3. The van der Waals surface area contributed by atoms with Crippen LogP contribution in [0.1, 0.15) is 40.5 Å². The van der Waals surface area contributed by atoms with Gasteiger partial charge >= 0.3 is 0 Å². The monoisotopic (exact) mass is 271 g/mol. The number of amides is 1. The highest BCUT2D eigenvalue weighted by molar-refractivity contribution is 5.81. The second kappa shape index (κ2) is 7.82. The van der Waals surface area contributed by atoms with Gasteiger partial charge in [0, 0.05) is 31.7 Å². The zero-order valence-corrected chi connectivity index (χ0v) is 12.7. The van der Waals surface area contributed by atoms with Gasteiger partial charge in [-0.3, -0.25) is 9.69 Å². The van der Waals surface area contributed by atoms with Crippen molar-refractivity contribution < 1.29 is 9.53 Å². The zero-order valence-electron chi connectivity index (χ0n) is 12.7. The van der Waals surface area contributed by atoms with E-state index < -0.39 is 0 Å². The molecule has 1 heterocycles. The number of nitrogens with zero attached hydrogens (tertiary/aromatic N) is 1. The maximum absolute atomic E-state index is 11.9. The minimum atomic E-state index is -0.305. The fraction of sp³-hybridized carbons (Fsp3) is 0.929. The van der Waals surface area contributed by atoms with Gasteiger partial charge in [0.25, 0.3) is 0 Å². The van der Waals surface area contributed by atoms with E-state index in [1.807, 2.05) is 0 Å². The van der Waals surface area contributed by atoms with Gasteiger partial charge in [0.2, 0.25) is 5.91 Å². The lowest BCUT2D eigenvalue weighted by Gasteiger charge is -2.30. The first-order valence-corrected chi connectivity index (χ1v) is 7.34. The maximum atomic E-state index is 11.9. The molecular weight excluding hydrogens is 242 g/mol. The third-order valence-corrected chi connectivity index (χ3v) is 3.66. The zero-order chi connectivity index (χ0) is 14.4. The van der Waals surface area contributed by atoms with E-state index in [1.165, 1.54) is 0 Å². The summed E-state index contributed by atoms with van der Waals surface area (Å²) in [5.41, 5.74) is 5.54. The summed E-state index contributed by atoms with van der Waals surface area (Å²) < 4.78 is 5.57. The molecule has 0 aromatic heterocycles. The summed E-state index contributed by atoms with van der Waals surface area (Å²) in [7, 11) is 0. The van der Waals surface area contributed by atoms with E-state index in [1.54, 1.807) is 0 Å². The second-order valence-electron chi connectivity index (χ2n) is 5.78. The first kappa shape index (κ1) is 16.4. The summed E-state index contributed by atoms with van der Waals surface area (Å²) in [6.45, 7) is 10.7. The molecule has 0 aromatic carbocycles. The molecule has 5 heteroatoms. The number of carbonyl (C=O) groups excluding carboxylic acids is 1. The third kappa shape index (κ3) is 5.09. The molecule has 1 rings (SSSR count). The largest absolute Gasteiger partial charge is 0.364 e. The van der Waals surface area contributed by atoms with Gasteiger partial charge in [0.15, 0.2) is 0 Å². The Kier molecular flexibility index (Phi) is 6.75. The van der Waals surface area contributed by atoms with Crippen LogP contribution in [-0.2, 0) is 9.53 Å². The predicted octanol–water partition coefficient (Wildman–Crippen LogP) is 0.728. The normalized spacial score (nSPS) is 23.6. The van der Waals surface area contributed by atoms with E-state index in [0.29, 0.717) is 25.2 Å². The molecule has 0 bridgehead atoms. The molecule has 1 fully saturated rings. The van der Waals surface area contributed by atoms with Crippen molar-refractivity contribution >= 4 is 5.91 Å². The number of nitrogens with one attached hydrogen (secondary N) is 1. The average molecular weight is 271 g/mol. The van der Waals surface area contributed by atoms with Crippen LogP contribution in [0.4, 0.5) is 0 Å². The first-order chi connectivity index (χ1) is 8.95. The lowest BCUT2D eigenvalue weighted by molar-refractivity contribution is -0.131. The highest BCUT2D eigenvalue weighted by Crippen LogP contribution is 2.18. The summed E-state index contributed by atoms with van der Waals surface area (Å²) in [5, 5.41) is 2.96. The molecule has 19 heavy (non-hydrogen) atoms. The van der Waals surface area contributed by atoms with Crippen LogP contribution in [0.25, 0.3) is 0 Å². The van der Waals surface area contributed by atoms with E-state index in [0.717, 1.165) is 19.4 Å². The Balaban J connectivity index is 2.27. The highest BCUT2D eigenvalue weighted by Gasteiger charge is 2.29. The molecule has 0 aromatic rings. The van der Waals surface area contributed by atoms with Crippen molar-refractivity contribution in [1.82, 2.24) is 10.2 Å². The molecule has 5 nitrogen and oxygen atoms in total. The van der Waals surface area contributed by atoms with Gasteiger partial charge < -0.3 is 15.8 Å². The molecular formula is C14H29N3O2. The van der Waals surface area contributed by atoms with Gasteiger partial charge in [0.05, 0.1) is 6.10 Å². The van der Waals surface area contributed by atoms with Crippen molar-refractivity contribution in [1.29, 1.82) is 0 Å². The standard InChI is InChI=1S/C14H29N3O2/c1-10(2)17(11(3)4)8-7-16-14(18)13-6-5-12(9-15)19-13/h10-13H,5-9,15H2,1-4H3,(H,16,18). The smallest absolute Gasteiger partial charge is 0.249 e. The number of hydrogen-bond donors (Lipinski definition) is 2. The first-order valence-electron chi connectivity index (χ1n) is 7.34. The molecule has 0 spiro atoms. The minimum Gasteiger partial charge on any atom is -0.364 e. The van der Waals surface area contributed by atoms with Crippen LogP contribution in [0, 0.1) is 0 Å². The van der Waals surface area contributed by atoms with Gasteiger partial charge in [-0.05, 0) is 40.5 Å². The molecule has 0 saturated carbocycles. The molecule has 2 unspecified atom stereocenters. The second-order valence-corrected chi connectivity index (χ2v) is 5.78. The van der Waals surface area contributed by atoms with Crippen molar-refractivity contribution in [2.24, 2.45) is 5.73 Å². The van der Waals surface area contributed by atoms with E-state index in [2.05, 4.69) is 37.9 Å². The molecule has 112 valence electrons. The lowest BCUT2D eigenvalue weighted by Crippen LogP contribution is -2.44. The number of hydrogen-bond acceptors (Lipinski definition) is 4. The van der Waals surface area contributed by atoms with E-state index in [4.69, 9.17) is 10.5 Å². The molecule has 3 N–H and O–H groups in total. The molecule has 2 atom stereocenters. The van der Waals surface area contributed by atoms with Crippen molar-refractivity contribution in [3.05, 3.63) is 0 Å². The highest BCUT2D eigenvalue weighted by atomic mass is 16.5. The molecule has 0 aliphatic carbocycles. The summed E-state index contributed by atoms with van der Waals surface area (Å²) in [5.74, 6) is 0.00316. The Hall–Kier alpha value is -0.650. The van der Waals surface area contributed by atoms with Crippen molar-refractivity contribution in [3.8, 4) is 0 Å². The van der Waals surface area contributed by atoms with Crippen LogP contribution in [0.2, 0.25) is 0 Å². The SMILES string of the molecule is CC(C)N(CCNC(=O)C1CCC(CN)O1)C(C)C. The molecule has 1 amide bonds. The van der Waals surface area contributed by atoms with Crippen molar-refractivity contribution in [2.75, 3.05) is 19.6 Å². The predicted molar refractivity (Wildman–Crippen MR) is 76.9 cm³/mol. The number of ether oxygens (including phenoxy) is 1. The summed E-state index contributed by atoms with van der Waals surface area (Å²) in [6, 6.07) is 0.975. The lowest BCUT2D eigenvalue weighted by atomic mass is 10.2. The van der Waals surface area contributed by atoms with Crippen LogP contribution < -0.4 is 11.1 Å². The van der Waals surface area contributed by atoms with Gasteiger partial charge in [-0.1, -0.05) is 0 Å². The van der Waals surface area contributed by atoms with E-state index in [9.17, 15) is 4.79 Å². The van der Waals surface area contributed by atoms with Crippen LogP contribution in [0.5, 0.6) is 0 Å². The Morgan fingerprint density at radius 1 is 1.32 bits per heavy atom. The fourth-order valence-electron chi connectivity index (χ4n) is 2.61. The Morgan fingerprint density at radius 2 is 1.95 bits per heavy atom. The fourth-order valence-corrected chi connectivity index (χ4v) is 2.61. The van der Waals surface area contributed by atoms with Crippen LogP contribution in [0.15, 0.2) is 0 Å². The van der Waals surface area contributed by atoms with Crippen LogP contribution in [0.3, 0.4) is 0 Å². The quantitative estimate of drug-likeness (QED) is 0.716. The number of carbonyl (C=O) groups is 1. The van der Waals surface area contributed by atoms with Gasteiger partial charge in [-0.15, -0.1) is 0 Å². The molecule has 0 radical (unpaired) electrons. The Labute approximate surface area is 116 Å². The van der Waals surface area contributed by atoms with Crippen LogP contribution >= 0.6 is 0 Å². The van der Waals surface area contributed by atoms with E-state index >= 15 is 0 Å². The summed E-state index contributed by atoms with van der Waals surface area (Å²) in [6.07, 6.45) is 1.42. The van der Waals surface area contributed by atoms with Gasteiger partial charge in [0.1, 0.15) is 6.10 Å². The number of nitrogens with two attached hydrogens (primary N) is 1. The molecule has 1 saturated heterocycles. The summed E-state index contributed by atoms with van der Waals surface area (Å²) >= 11 is 0. The van der Waals surface area contributed by atoms with E-state index in [-0.39, 0.29) is 18.1 Å². The van der Waals surface area contributed by atoms with Gasteiger partial charge in [-0.2, -0.15) is 0 Å². The van der Waals surface area contributed by atoms with Crippen molar-refractivity contribution in [3.63, 3.8) is 0 Å². The topological polar surface area (TPSA) is 67.6 Å². The average Bonchev–Trinajstić information content (AvgIpc) is 2.82. The van der Waals surface area contributed by atoms with Crippen LogP contribution in [-0.4, -0.2) is 54.7 Å². The maximum Gasteiger partial charge on any atom is 0.249 e. The minimum absolute atomic E-state index is 0.00316. The van der Waals surface area contributed by atoms with Gasteiger partial charge in [-0.25, -0.2) is 0 Å². The Morgan fingerprint density at radius 3 is 2.42 bits per heavy atom. The van der Waals surface area contributed by atoms with Crippen molar-refractivity contribution in [2.45, 2.75) is 64.8 Å². The molecule has 1 aliphatic heterocycles. The molecule has 1 aliphatic rings. The third-order valence-electron chi connectivity index (χ3n) is 3.66. The number of rotatable bonds is 7.